The molecular weight excluding hydrogens is 337 g/mol. The van der Waals surface area contributed by atoms with Crippen molar-refractivity contribution in [2.45, 2.75) is 6.36 Å². The van der Waals surface area contributed by atoms with Crippen LogP contribution in [0.2, 0.25) is 0 Å². The standard InChI is InChI=1S/C16H11F3N4O2/c17-16(18,19)25-12-9-5-4-8-11(12)20-15(24)14-13(21-23-22-14)10-6-2-1-3-7-10/h1-9H,(H,20,24)(H,21,22,23). The predicted molar refractivity (Wildman–Crippen MR) is 82.9 cm³/mol. The lowest BCUT2D eigenvalue weighted by atomic mass is 10.1. The molecular formula is C16H11F3N4O2. The second-order valence-electron chi connectivity index (χ2n) is 4.88. The highest BCUT2D eigenvalue weighted by atomic mass is 19.4. The van der Waals surface area contributed by atoms with Crippen LogP contribution in [0.15, 0.2) is 54.6 Å². The highest BCUT2D eigenvalue weighted by Crippen LogP contribution is 2.30. The molecule has 0 radical (unpaired) electrons. The minimum atomic E-state index is -4.87. The summed E-state index contributed by atoms with van der Waals surface area (Å²) in [6, 6.07) is 14.0. The van der Waals surface area contributed by atoms with Crippen LogP contribution in [-0.2, 0) is 0 Å². The third-order valence-corrected chi connectivity index (χ3v) is 3.17. The van der Waals surface area contributed by atoms with Gasteiger partial charge < -0.3 is 10.1 Å². The minimum absolute atomic E-state index is 0.0481. The summed E-state index contributed by atoms with van der Waals surface area (Å²) in [4.78, 5) is 12.4. The van der Waals surface area contributed by atoms with Crippen molar-refractivity contribution in [1.82, 2.24) is 15.4 Å². The van der Waals surface area contributed by atoms with Gasteiger partial charge in [0.2, 0.25) is 0 Å². The van der Waals surface area contributed by atoms with Crippen LogP contribution in [0, 0.1) is 0 Å². The van der Waals surface area contributed by atoms with Crippen molar-refractivity contribution in [3.63, 3.8) is 0 Å². The lowest BCUT2D eigenvalue weighted by Gasteiger charge is -2.13. The number of aromatic nitrogens is 3. The first kappa shape index (κ1) is 16.5. The van der Waals surface area contributed by atoms with Gasteiger partial charge in [-0.15, -0.1) is 13.2 Å². The lowest BCUT2D eigenvalue weighted by molar-refractivity contribution is -0.274. The molecule has 25 heavy (non-hydrogen) atoms. The maximum atomic E-state index is 12.5. The second kappa shape index (κ2) is 6.63. The van der Waals surface area contributed by atoms with Crippen molar-refractivity contribution in [3.8, 4) is 17.0 Å². The van der Waals surface area contributed by atoms with E-state index in [1.165, 1.54) is 18.2 Å². The number of benzene rings is 2. The normalized spacial score (nSPS) is 11.2. The Hall–Kier alpha value is -3.36. The Kier molecular flexibility index (Phi) is 4.38. The number of amides is 1. The molecule has 0 bridgehead atoms. The number of nitrogens with zero attached hydrogens (tertiary/aromatic N) is 2. The molecule has 0 aliphatic rings. The van der Waals surface area contributed by atoms with Crippen LogP contribution in [0.25, 0.3) is 11.3 Å². The van der Waals surface area contributed by atoms with Crippen LogP contribution in [-0.4, -0.2) is 27.7 Å². The number of rotatable bonds is 4. The zero-order chi connectivity index (χ0) is 17.9. The van der Waals surface area contributed by atoms with Crippen molar-refractivity contribution >= 4 is 11.6 Å². The van der Waals surface area contributed by atoms with Crippen LogP contribution < -0.4 is 10.1 Å². The summed E-state index contributed by atoms with van der Waals surface area (Å²) < 4.78 is 41.3. The molecule has 1 heterocycles. The third-order valence-electron chi connectivity index (χ3n) is 3.17. The molecule has 1 aromatic heterocycles. The Bertz CT molecular complexity index is 878. The number of anilines is 1. The lowest BCUT2D eigenvalue weighted by Crippen LogP contribution is -2.20. The van der Waals surface area contributed by atoms with E-state index in [0.717, 1.165) is 6.07 Å². The molecule has 0 spiro atoms. The largest absolute Gasteiger partial charge is 0.573 e. The van der Waals surface area contributed by atoms with E-state index in [0.29, 0.717) is 5.56 Å². The molecule has 3 aromatic rings. The fourth-order valence-electron chi connectivity index (χ4n) is 2.15. The van der Waals surface area contributed by atoms with Crippen LogP contribution in [0.1, 0.15) is 10.5 Å². The van der Waals surface area contributed by atoms with Crippen molar-refractivity contribution in [3.05, 3.63) is 60.3 Å². The summed E-state index contributed by atoms with van der Waals surface area (Å²) in [6.07, 6.45) is -4.87. The molecule has 2 aromatic carbocycles. The molecule has 0 unspecified atom stereocenters. The predicted octanol–water partition coefficient (Wildman–Crippen LogP) is 3.62. The van der Waals surface area contributed by atoms with Gasteiger partial charge in [0.05, 0.1) is 5.69 Å². The molecule has 0 atom stereocenters. The summed E-state index contributed by atoms with van der Waals surface area (Å²) in [5.74, 6) is -1.24. The first-order chi connectivity index (χ1) is 11.9. The minimum Gasteiger partial charge on any atom is -0.404 e. The number of hydrogen-bond donors (Lipinski definition) is 2. The number of para-hydroxylation sites is 2. The third kappa shape index (κ3) is 3.94. The van der Waals surface area contributed by atoms with Gasteiger partial charge in [0.25, 0.3) is 5.91 Å². The van der Waals surface area contributed by atoms with E-state index < -0.39 is 18.0 Å². The van der Waals surface area contributed by atoms with Gasteiger partial charge in [-0.2, -0.15) is 15.4 Å². The monoisotopic (exact) mass is 348 g/mol. The molecule has 0 saturated carbocycles. The Morgan fingerprint density at radius 1 is 1.00 bits per heavy atom. The van der Waals surface area contributed by atoms with Crippen molar-refractivity contribution < 1.29 is 22.7 Å². The molecule has 0 saturated heterocycles. The van der Waals surface area contributed by atoms with E-state index in [1.807, 2.05) is 0 Å². The fourth-order valence-corrected chi connectivity index (χ4v) is 2.15. The maximum Gasteiger partial charge on any atom is 0.573 e. The van der Waals surface area contributed by atoms with E-state index in [1.54, 1.807) is 30.3 Å². The molecule has 0 fully saturated rings. The summed E-state index contributed by atoms with van der Waals surface area (Å²) in [7, 11) is 0. The summed E-state index contributed by atoms with van der Waals surface area (Å²) in [6.45, 7) is 0. The van der Waals surface area contributed by atoms with Gasteiger partial charge in [0.1, 0.15) is 5.69 Å². The summed E-state index contributed by atoms with van der Waals surface area (Å²) in [5, 5.41) is 12.4. The Balaban J connectivity index is 1.87. The number of halogens is 3. The number of hydrogen-bond acceptors (Lipinski definition) is 4. The first-order valence-corrected chi connectivity index (χ1v) is 7.06. The van der Waals surface area contributed by atoms with Crippen molar-refractivity contribution in [1.29, 1.82) is 0 Å². The number of nitrogens with one attached hydrogen (secondary N) is 2. The molecule has 0 aliphatic carbocycles. The highest BCUT2D eigenvalue weighted by molar-refractivity contribution is 6.07. The quantitative estimate of drug-likeness (QED) is 0.755. The van der Waals surface area contributed by atoms with Gasteiger partial charge in [-0.1, -0.05) is 42.5 Å². The molecule has 128 valence electrons. The topological polar surface area (TPSA) is 79.9 Å². The number of carbonyl (C=O) groups is 1. The van der Waals surface area contributed by atoms with Gasteiger partial charge in [0.15, 0.2) is 11.4 Å². The van der Waals surface area contributed by atoms with Gasteiger partial charge in [-0.05, 0) is 12.1 Å². The van der Waals surface area contributed by atoms with Crippen LogP contribution >= 0.6 is 0 Å². The van der Waals surface area contributed by atoms with Crippen molar-refractivity contribution in [2.24, 2.45) is 0 Å². The van der Waals surface area contributed by atoms with E-state index in [2.05, 4.69) is 25.5 Å². The number of alkyl halides is 3. The Morgan fingerprint density at radius 3 is 2.40 bits per heavy atom. The highest BCUT2D eigenvalue weighted by Gasteiger charge is 2.32. The van der Waals surface area contributed by atoms with E-state index in [4.69, 9.17) is 0 Å². The average Bonchev–Trinajstić information content (AvgIpc) is 3.06. The van der Waals surface area contributed by atoms with Crippen LogP contribution in [0.4, 0.5) is 18.9 Å². The molecule has 3 rings (SSSR count). The number of H-pyrrole nitrogens is 1. The molecule has 0 aliphatic heterocycles. The first-order valence-electron chi connectivity index (χ1n) is 7.06. The fraction of sp³-hybridized carbons (Fsp3) is 0.0625. The second-order valence-corrected chi connectivity index (χ2v) is 4.88. The molecule has 9 heteroatoms. The van der Waals surface area contributed by atoms with Crippen LogP contribution in [0.3, 0.4) is 0 Å². The zero-order valence-electron chi connectivity index (χ0n) is 12.5. The number of aromatic amines is 1. The molecule has 2 N–H and O–H groups in total. The van der Waals surface area contributed by atoms with E-state index in [9.17, 15) is 18.0 Å². The molecule has 6 nitrogen and oxygen atoms in total. The van der Waals surface area contributed by atoms with Gasteiger partial charge in [-0.25, -0.2) is 0 Å². The van der Waals surface area contributed by atoms with Gasteiger partial charge in [-0.3, -0.25) is 4.79 Å². The van der Waals surface area contributed by atoms with Crippen LogP contribution in [0.5, 0.6) is 5.75 Å². The van der Waals surface area contributed by atoms with E-state index >= 15 is 0 Å². The van der Waals surface area contributed by atoms with Crippen molar-refractivity contribution in [2.75, 3.05) is 5.32 Å². The SMILES string of the molecule is O=C(Nc1ccccc1OC(F)(F)F)c1n[nH]nc1-c1ccccc1. The van der Waals surface area contributed by atoms with Gasteiger partial charge >= 0.3 is 6.36 Å². The van der Waals surface area contributed by atoms with E-state index in [-0.39, 0.29) is 17.1 Å². The molecule has 1 amide bonds. The number of carbonyl (C=O) groups excluding carboxylic acids is 1. The Morgan fingerprint density at radius 2 is 1.68 bits per heavy atom. The Labute approximate surface area is 139 Å². The zero-order valence-corrected chi connectivity index (χ0v) is 12.5. The maximum absolute atomic E-state index is 12.5. The summed E-state index contributed by atoms with van der Waals surface area (Å²) in [5.41, 5.74) is 0.744. The number of ether oxygens (including phenoxy) is 1. The van der Waals surface area contributed by atoms with Gasteiger partial charge in [0, 0.05) is 5.56 Å². The average molecular weight is 348 g/mol. The smallest absolute Gasteiger partial charge is 0.404 e. The summed E-state index contributed by atoms with van der Waals surface area (Å²) >= 11 is 0.